The molecule has 1 aliphatic rings. The van der Waals surface area contributed by atoms with Crippen molar-refractivity contribution < 1.29 is 18.7 Å². The SMILES string of the molecule is O=C(O)C(NC1CCCCCC1)c1ccc(C(F)F)cc1. The van der Waals surface area contributed by atoms with E-state index in [1.165, 1.54) is 37.1 Å². The number of rotatable bonds is 5. The molecule has 1 saturated carbocycles. The lowest BCUT2D eigenvalue weighted by Gasteiger charge is -2.22. The van der Waals surface area contributed by atoms with Crippen LogP contribution in [0.25, 0.3) is 0 Å². The van der Waals surface area contributed by atoms with Crippen LogP contribution in [-0.4, -0.2) is 17.1 Å². The van der Waals surface area contributed by atoms with Gasteiger partial charge < -0.3 is 5.11 Å². The molecule has 0 bridgehead atoms. The summed E-state index contributed by atoms with van der Waals surface area (Å²) in [4.78, 5) is 11.5. The van der Waals surface area contributed by atoms with E-state index < -0.39 is 18.4 Å². The van der Waals surface area contributed by atoms with Crippen LogP contribution in [0, 0.1) is 0 Å². The Morgan fingerprint density at radius 3 is 2.05 bits per heavy atom. The van der Waals surface area contributed by atoms with Crippen molar-refractivity contribution in [1.82, 2.24) is 5.32 Å². The fourth-order valence-electron chi connectivity index (χ4n) is 2.83. The standard InChI is InChI=1S/C16H21F2NO2/c17-15(18)12-9-7-11(8-10-12)14(16(20)21)19-13-5-3-1-2-4-6-13/h7-10,13-15,19H,1-6H2,(H,20,21). The monoisotopic (exact) mass is 297 g/mol. The normalized spacial score (nSPS) is 18.4. The predicted molar refractivity (Wildman–Crippen MR) is 76.4 cm³/mol. The first kappa shape index (κ1) is 15.9. The van der Waals surface area contributed by atoms with Gasteiger partial charge in [-0.1, -0.05) is 49.9 Å². The molecule has 0 saturated heterocycles. The first-order chi connectivity index (χ1) is 10.1. The summed E-state index contributed by atoms with van der Waals surface area (Å²) < 4.78 is 25.1. The van der Waals surface area contributed by atoms with Crippen molar-refractivity contribution in [2.45, 2.75) is 57.0 Å². The zero-order chi connectivity index (χ0) is 15.2. The van der Waals surface area contributed by atoms with Gasteiger partial charge in [-0.3, -0.25) is 10.1 Å². The quantitative estimate of drug-likeness (QED) is 0.806. The van der Waals surface area contributed by atoms with Crippen LogP contribution >= 0.6 is 0 Å². The highest BCUT2D eigenvalue weighted by Gasteiger charge is 2.24. The highest BCUT2D eigenvalue weighted by Crippen LogP contribution is 2.24. The van der Waals surface area contributed by atoms with Gasteiger partial charge in [0.05, 0.1) is 0 Å². The van der Waals surface area contributed by atoms with Crippen LogP contribution in [0.1, 0.15) is 62.1 Å². The van der Waals surface area contributed by atoms with E-state index >= 15 is 0 Å². The lowest BCUT2D eigenvalue weighted by Crippen LogP contribution is -2.36. The van der Waals surface area contributed by atoms with Gasteiger partial charge in [0.2, 0.25) is 0 Å². The number of halogens is 2. The molecule has 21 heavy (non-hydrogen) atoms. The van der Waals surface area contributed by atoms with E-state index in [9.17, 15) is 18.7 Å². The molecule has 0 amide bonds. The molecule has 1 unspecified atom stereocenters. The molecule has 1 fully saturated rings. The number of hydrogen-bond acceptors (Lipinski definition) is 2. The molecule has 0 radical (unpaired) electrons. The van der Waals surface area contributed by atoms with Gasteiger partial charge in [-0.25, -0.2) is 8.78 Å². The first-order valence-electron chi connectivity index (χ1n) is 7.45. The molecule has 3 nitrogen and oxygen atoms in total. The molecule has 1 atom stereocenters. The van der Waals surface area contributed by atoms with Crippen molar-refractivity contribution in [1.29, 1.82) is 0 Å². The Labute approximate surface area is 123 Å². The van der Waals surface area contributed by atoms with Gasteiger partial charge >= 0.3 is 5.97 Å². The van der Waals surface area contributed by atoms with Crippen molar-refractivity contribution in [2.75, 3.05) is 0 Å². The van der Waals surface area contributed by atoms with Gasteiger partial charge in [-0.15, -0.1) is 0 Å². The smallest absolute Gasteiger partial charge is 0.325 e. The minimum absolute atomic E-state index is 0.0858. The molecule has 116 valence electrons. The third-order valence-corrected chi connectivity index (χ3v) is 4.03. The van der Waals surface area contributed by atoms with E-state index in [2.05, 4.69) is 5.32 Å². The predicted octanol–water partition coefficient (Wildman–Crippen LogP) is 4.06. The minimum atomic E-state index is -2.53. The summed E-state index contributed by atoms with van der Waals surface area (Å²) in [5.41, 5.74) is 0.438. The molecule has 0 aliphatic heterocycles. The summed E-state index contributed by atoms with van der Waals surface area (Å²) in [6.07, 6.45) is 4.01. The number of benzene rings is 1. The number of nitrogens with one attached hydrogen (secondary N) is 1. The Balaban J connectivity index is 2.08. The second-order valence-electron chi connectivity index (χ2n) is 5.59. The van der Waals surface area contributed by atoms with E-state index in [0.29, 0.717) is 5.56 Å². The van der Waals surface area contributed by atoms with Gasteiger partial charge in [-0.05, 0) is 18.4 Å². The lowest BCUT2D eigenvalue weighted by molar-refractivity contribution is -0.140. The van der Waals surface area contributed by atoms with Crippen molar-refractivity contribution in [3.8, 4) is 0 Å². The van der Waals surface area contributed by atoms with Gasteiger partial charge in [0.15, 0.2) is 0 Å². The van der Waals surface area contributed by atoms with E-state index in [-0.39, 0.29) is 11.6 Å². The summed E-state index contributed by atoms with van der Waals surface area (Å²) >= 11 is 0. The summed E-state index contributed by atoms with van der Waals surface area (Å²) in [5, 5.41) is 12.6. The largest absolute Gasteiger partial charge is 0.480 e. The van der Waals surface area contributed by atoms with Crippen molar-refractivity contribution >= 4 is 5.97 Å². The van der Waals surface area contributed by atoms with Gasteiger partial charge in [0.25, 0.3) is 6.43 Å². The summed E-state index contributed by atoms with van der Waals surface area (Å²) in [6, 6.07) is 4.90. The third kappa shape index (κ3) is 4.49. The topological polar surface area (TPSA) is 49.3 Å². The summed E-state index contributed by atoms with van der Waals surface area (Å²) in [6.45, 7) is 0. The third-order valence-electron chi connectivity index (χ3n) is 4.03. The Hall–Kier alpha value is -1.49. The van der Waals surface area contributed by atoms with Crippen molar-refractivity contribution in [2.24, 2.45) is 0 Å². The molecule has 2 N–H and O–H groups in total. The lowest BCUT2D eigenvalue weighted by atomic mass is 10.0. The van der Waals surface area contributed by atoms with Crippen LogP contribution in [0.5, 0.6) is 0 Å². The first-order valence-corrected chi connectivity index (χ1v) is 7.45. The Bertz CT molecular complexity index is 454. The molecular weight excluding hydrogens is 276 g/mol. The molecule has 1 aliphatic carbocycles. The molecule has 0 aromatic heterocycles. The molecular formula is C16H21F2NO2. The van der Waals surface area contributed by atoms with Gasteiger partial charge in [0, 0.05) is 11.6 Å². The number of alkyl halides is 2. The van der Waals surface area contributed by atoms with Gasteiger partial charge in [0.1, 0.15) is 6.04 Å². The number of carboxylic acids is 1. The summed E-state index contributed by atoms with van der Waals surface area (Å²) in [7, 11) is 0. The molecule has 1 aromatic carbocycles. The highest BCUT2D eigenvalue weighted by molar-refractivity contribution is 5.75. The molecule has 5 heteroatoms. The maximum absolute atomic E-state index is 12.5. The number of carboxylic acid groups (broad SMARTS) is 1. The van der Waals surface area contributed by atoms with E-state index in [1.807, 2.05) is 0 Å². The van der Waals surface area contributed by atoms with Crippen LogP contribution in [0.15, 0.2) is 24.3 Å². The fraction of sp³-hybridized carbons (Fsp3) is 0.562. The second-order valence-corrected chi connectivity index (χ2v) is 5.59. The van der Waals surface area contributed by atoms with Gasteiger partial charge in [-0.2, -0.15) is 0 Å². The Morgan fingerprint density at radius 1 is 1.05 bits per heavy atom. The van der Waals surface area contributed by atoms with E-state index in [0.717, 1.165) is 25.7 Å². The maximum atomic E-state index is 12.5. The summed E-state index contributed by atoms with van der Waals surface area (Å²) in [5.74, 6) is -0.968. The number of hydrogen-bond donors (Lipinski definition) is 2. The molecule has 2 rings (SSSR count). The van der Waals surface area contributed by atoms with Crippen LogP contribution in [0.3, 0.4) is 0 Å². The van der Waals surface area contributed by atoms with Crippen LogP contribution in [-0.2, 0) is 4.79 Å². The molecule has 0 spiro atoms. The fourth-order valence-corrected chi connectivity index (χ4v) is 2.83. The molecule has 1 aromatic rings. The number of aliphatic carboxylic acids is 1. The van der Waals surface area contributed by atoms with Crippen LogP contribution in [0.4, 0.5) is 8.78 Å². The van der Waals surface area contributed by atoms with Crippen molar-refractivity contribution in [3.63, 3.8) is 0 Å². The van der Waals surface area contributed by atoms with E-state index in [1.54, 1.807) is 0 Å². The minimum Gasteiger partial charge on any atom is -0.480 e. The van der Waals surface area contributed by atoms with Crippen molar-refractivity contribution in [3.05, 3.63) is 35.4 Å². The Kier molecular flexibility index (Phi) is 5.67. The average molecular weight is 297 g/mol. The van der Waals surface area contributed by atoms with Crippen LogP contribution in [0.2, 0.25) is 0 Å². The average Bonchev–Trinajstić information content (AvgIpc) is 2.73. The zero-order valence-electron chi connectivity index (χ0n) is 11.9. The highest BCUT2D eigenvalue weighted by atomic mass is 19.3. The number of carbonyl (C=O) groups is 1. The second kappa shape index (κ2) is 7.50. The van der Waals surface area contributed by atoms with Crippen LogP contribution < -0.4 is 5.32 Å². The molecule has 0 heterocycles. The zero-order valence-corrected chi connectivity index (χ0v) is 11.9. The van der Waals surface area contributed by atoms with E-state index in [4.69, 9.17) is 0 Å². The Morgan fingerprint density at radius 2 is 1.57 bits per heavy atom. The maximum Gasteiger partial charge on any atom is 0.325 e.